The average molecular weight is 284 g/mol. The van der Waals surface area contributed by atoms with E-state index in [1.807, 2.05) is 31.2 Å². The van der Waals surface area contributed by atoms with Crippen molar-refractivity contribution in [1.29, 1.82) is 0 Å². The number of nitrogens with one attached hydrogen (secondary N) is 1. The van der Waals surface area contributed by atoms with Crippen LogP contribution in [0.25, 0.3) is 11.0 Å². The molecule has 1 atom stereocenters. The van der Waals surface area contributed by atoms with Gasteiger partial charge in [-0.2, -0.15) is 0 Å². The van der Waals surface area contributed by atoms with E-state index < -0.39 is 0 Å². The minimum absolute atomic E-state index is 0.0775. The largest absolute Gasteiger partial charge is 0.451 e. The molecular weight excluding hydrogens is 264 g/mol. The van der Waals surface area contributed by atoms with Crippen LogP contribution >= 0.6 is 0 Å². The molecule has 21 heavy (non-hydrogen) atoms. The standard InChI is InChI=1S/C17H20N2O2/c1-11-14-4-2-3-5-15(14)21-16(11)17(20)18-12-8-9-19(10-12)13-6-7-13/h2-5,12-13H,6-10H2,1H3,(H,18,20)/t12-/m0/s1. The van der Waals surface area contributed by atoms with E-state index in [9.17, 15) is 4.79 Å². The molecule has 1 aliphatic carbocycles. The van der Waals surface area contributed by atoms with E-state index in [1.165, 1.54) is 12.8 Å². The molecule has 1 aromatic heterocycles. The van der Waals surface area contributed by atoms with E-state index in [-0.39, 0.29) is 11.9 Å². The number of likely N-dealkylation sites (tertiary alicyclic amines) is 1. The van der Waals surface area contributed by atoms with Gasteiger partial charge in [-0.15, -0.1) is 0 Å². The van der Waals surface area contributed by atoms with Crippen molar-refractivity contribution < 1.29 is 9.21 Å². The Morgan fingerprint density at radius 3 is 2.86 bits per heavy atom. The lowest BCUT2D eigenvalue weighted by Gasteiger charge is -2.15. The zero-order valence-corrected chi connectivity index (χ0v) is 12.3. The second-order valence-corrected chi connectivity index (χ2v) is 6.24. The van der Waals surface area contributed by atoms with Crippen LogP contribution in [0.4, 0.5) is 0 Å². The van der Waals surface area contributed by atoms with Crippen LogP contribution in [0.3, 0.4) is 0 Å². The normalized spacial score (nSPS) is 22.8. The van der Waals surface area contributed by atoms with Gasteiger partial charge in [-0.05, 0) is 32.3 Å². The molecule has 0 unspecified atom stereocenters. The van der Waals surface area contributed by atoms with Crippen molar-refractivity contribution in [1.82, 2.24) is 10.2 Å². The number of aryl methyl sites for hydroxylation is 1. The summed E-state index contributed by atoms with van der Waals surface area (Å²) in [4.78, 5) is 15.0. The summed E-state index contributed by atoms with van der Waals surface area (Å²) in [5.74, 6) is 0.382. The van der Waals surface area contributed by atoms with Crippen LogP contribution < -0.4 is 5.32 Å². The Balaban J connectivity index is 1.50. The van der Waals surface area contributed by atoms with Gasteiger partial charge in [0.05, 0.1) is 0 Å². The Bertz CT molecular complexity index is 687. The van der Waals surface area contributed by atoms with E-state index >= 15 is 0 Å². The first kappa shape index (κ1) is 12.9. The number of carbonyl (C=O) groups is 1. The molecule has 2 fully saturated rings. The lowest BCUT2D eigenvalue weighted by atomic mass is 10.1. The van der Waals surface area contributed by atoms with Crippen molar-refractivity contribution in [2.75, 3.05) is 13.1 Å². The molecule has 4 nitrogen and oxygen atoms in total. The zero-order valence-electron chi connectivity index (χ0n) is 12.3. The molecule has 2 aromatic rings. The van der Waals surface area contributed by atoms with Gasteiger partial charge in [0, 0.05) is 36.1 Å². The lowest BCUT2D eigenvalue weighted by molar-refractivity contribution is 0.0911. The maximum Gasteiger partial charge on any atom is 0.287 e. The zero-order chi connectivity index (χ0) is 14.4. The maximum absolute atomic E-state index is 12.5. The molecule has 4 heteroatoms. The predicted molar refractivity (Wildman–Crippen MR) is 81.4 cm³/mol. The van der Waals surface area contributed by atoms with Gasteiger partial charge in [0.15, 0.2) is 5.76 Å². The minimum atomic E-state index is -0.0775. The number of carbonyl (C=O) groups excluding carboxylic acids is 1. The average Bonchev–Trinajstić information content (AvgIpc) is 3.15. The summed E-state index contributed by atoms with van der Waals surface area (Å²) in [5.41, 5.74) is 1.71. The van der Waals surface area contributed by atoms with Crippen LogP contribution in [0.15, 0.2) is 28.7 Å². The Kier molecular flexibility index (Phi) is 3.00. The molecular formula is C17H20N2O2. The van der Waals surface area contributed by atoms with Gasteiger partial charge in [-0.25, -0.2) is 0 Å². The van der Waals surface area contributed by atoms with Crippen LogP contribution in [-0.2, 0) is 0 Å². The Morgan fingerprint density at radius 1 is 1.29 bits per heavy atom. The first-order valence-electron chi connectivity index (χ1n) is 7.75. The van der Waals surface area contributed by atoms with Crippen molar-refractivity contribution in [3.8, 4) is 0 Å². The second-order valence-electron chi connectivity index (χ2n) is 6.24. The van der Waals surface area contributed by atoms with Crippen molar-refractivity contribution in [3.05, 3.63) is 35.6 Å². The van der Waals surface area contributed by atoms with E-state index in [0.29, 0.717) is 5.76 Å². The molecule has 2 heterocycles. The van der Waals surface area contributed by atoms with Gasteiger partial charge in [0.2, 0.25) is 0 Å². The molecule has 1 amide bonds. The highest BCUT2D eigenvalue weighted by Crippen LogP contribution is 2.30. The van der Waals surface area contributed by atoms with Crippen molar-refractivity contribution >= 4 is 16.9 Å². The van der Waals surface area contributed by atoms with Crippen LogP contribution in [-0.4, -0.2) is 36.0 Å². The summed E-state index contributed by atoms with van der Waals surface area (Å²) < 4.78 is 5.73. The molecule has 1 aromatic carbocycles. The fourth-order valence-corrected chi connectivity index (χ4v) is 3.32. The minimum Gasteiger partial charge on any atom is -0.451 e. The highest BCUT2D eigenvalue weighted by Gasteiger charge is 2.35. The Morgan fingerprint density at radius 2 is 2.10 bits per heavy atom. The van der Waals surface area contributed by atoms with Crippen LogP contribution in [0.2, 0.25) is 0 Å². The van der Waals surface area contributed by atoms with Gasteiger partial charge in [-0.1, -0.05) is 18.2 Å². The van der Waals surface area contributed by atoms with Crippen LogP contribution in [0, 0.1) is 6.92 Å². The molecule has 110 valence electrons. The van der Waals surface area contributed by atoms with Crippen LogP contribution in [0.1, 0.15) is 35.4 Å². The SMILES string of the molecule is Cc1c(C(=O)N[C@H]2CCN(C3CC3)C2)oc2ccccc12. The third-order valence-corrected chi connectivity index (χ3v) is 4.67. The van der Waals surface area contributed by atoms with Gasteiger partial charge in [0.25, 0.3) is 5.91 Å². The van der Waals surface area contributed by atoms with Crippen molar-refractivity contribution in [2.45, 2.75) is 38.3 Å². The van der Waals surface area contributed by atoms with Gasteiger partial charge < -0.3 is 9.73 Å². The monoisotopic (exact) mass is 284 g/mol. The molecule has 1 saturated carbocycles. The third-order valence-electron chi connectivity index (χ3n) is 4.67. The van der Waals surface area contributed by atoms with E-state index in [2.05, 4.69) is 10.2 Å². The lowest BCUT2D eigenvalue weighted by Crippen LogP contribution is -2.37. The summed E-state index contributed by atoms with van der Waals surface area (Å²) in [6.07, 6.45) is 3.69. The van der Waals surface area contributed by atoms with E-state index in [1.54, 1.807) is 0 Å². The summed E-state index contributed by atoms with van der Waals surface area (Å²) >= 11 is 0. The Hall–Kier alpha value is -1.81. The van der Waals surface area contributed by atoms with Gasteiger partial charge in [-0.3, -0.25) is 9.69 Å². The highest BCUT2D eigenvalue weighted by molar-refractivity contribution is 5.99. The first-order valence-corrected chi connectivity index (χ1v) is 7.75. The topological polar surface area (TPSA) is 45.5 Å². The third kappa shape index (κ3) is 2.33. The number of hydrogen-bond acceptors (Lipinski definition) is 3. The fraction of sp³-hybridized carbons (Fsp3) is 0.471. The number of fused-ring (bicyclic) bond motifs is 1. The number of para-hydroxylation sites is 1. The number of amides is 1. The number of nitrogens with zero attached hydrogens (tertiary/aromatic N) is 1. The van der Waals surface area contributed by atoms with Crippen molar-refractivity contribution in [2.24, 2.45) is 0 Å². The summed E-state index contributed by atoms with van der Waals surface area (Å²) in [6.45, 7) is 4.04. The molecule has 4 rings (SSSR count). The smallest absolute Gasteiger partial charge is 0.287 e. The number of furan rings is 1. The predicted octanol–water partition coefficient (Wildman–Crippen LogP) is 2.71. The second kappa shape index (κ2) is 4.88. The van der Waals surface area contributed by atoms with Gasteiger partial charge >= 0.3 is 0 Å². The fourth-order valence-electron chi connectivity index (χ4n) is 3.32. The molecule has 0 spiro atoms. The molecule has 1 saturated heterocycles. The van der Waals surface area contributed by atoms with Gasteiger partial charge in [0.1, 0.15) is 5.58 Å². The first-order chi connectivity index (χ1) is 10.2. The summed E-state index contributed by atoms with van der Waals surface area (Å²) in [6, 6.07) is 8.83. The summed E-state index contributed by atoms with van der Waals surface area (Å²) in [7, 11) is 0. The van der Waals surface area contributed by atoms with E-state index in [4.69, 9.17) is 4.42 Å². The molecule has 0 bridgehead atoms. The number of hydrogen-bond donors (Lipinski definition) is 1. The molecule has 2 aliphatic rings. The quantitative estimate of drug-likeness (QED) is 0.942. The van der Waals surface area contributed by atoms with E-state index in [0.717, 1.165) is 42.1 Å². The molecule has 1 N–H and O–H groups in total. The van der Waals surface area contributed by atoms with Crippen molar-refractivity contribution in [3.63, 3.8) is 0 Å². The maximum atomic E-state index is 12.5. The highest BCUT2D eigenvalue weighted by atomic mass is 16.3. The number of benzene rings is 1. The summed E-state index contributed by atoms with van der Waals surface area (Å²) in [5, 5.41) is 4.16. The Labute approximate surface area is 124 Å². The molecule has 0 radical (unpaired) electrons. The van der Waals surface area contributed by atoms with Crippen LogP contribution in [0.5, 0.6) is 0 Å². The number of rotatable bonds is 3. The molecule has 1 aliphatic heterocycles.